The van der Waals surface area contributed by atoms with E-state index in [0.717, 1.165) is 0 Å². The predicted octanol–water partition coefficient (Wildman–Crippen LogP) is 2.83. The molecular formula is C11H12Li. The van der Waals surface area contributed by atoms with Gasteiger partial charge >= 0.3 is 0 Å². The first-order chi connectivity index (χ1) is 5.42. The van der Waals surface area contributed by atoms with Crippen molar-refractivity contribution >= 4 is 24.9 Å². The number of hydrogen-bond acceptors (Lipinski definition) is 0. The van der Waals surface area contributed by atoms with Crippen LogP contribution in [-0.4, -0.2) is 18.9 Å². The average molecular weight is 151 g/mol. The molecule has 0 bridgehead atoms. The Bertz CT molecular complexity index is 289. The number of hydrogen-bond donors (Lipinski definition) is 0. The molecule has 0 aromatic heterocycles. The molecule has 57 valence electrons. The minimum absolute atomic E-state index is 0. The van der Waals surface area contributed by atoms with Crippen molar-refractivity contribution in [2.75, 3.05) is 0 Å². The van der Waals surface area contributed by atoms with Crippen LogP contribution in [0.25, 0.3) is 6.08 Å². The van der Waals surface area contributed by atoms with Crippen molar-refractivity contribution in [2.45, 2.75) is 19.3 Å². The Balaban J connectivity index is 0.000000720. The monoisotopic (exact) mass is 151 g/mol. The molecule has 2 rings (SSSR count). The molecule has 1 unspecified atom stereocenters. The molecular weight excluding hydrogens is 139 g/mol. The summed E-state index contributed by atoms with van der Waals surface area (Å²) in [6.45, 7) is 2.23. The quantitative estimate of drug-likeness (QED) is 0.541. The Kier molecular flexibility index (Phi) is 3.20. The number of rotatable bonds is 1. The van der Waals surface area contributed by atoms with Gasteiger partial charge in [0.05, 0.1) is 0 Å². The fourth-order valence-corrected chi connectivity index (χ4v) is 1.68. The molecule has 0 fully saturated rings. The Labute approximate surface area is 85.9 Å². The molecule has 1 aromatic carbocycles. The molecule has 0 amide bonds. The van der Waals surface area contributed by atoms with Crippen LogP contribution < -0.4 is 0 Å². The molecule has 0 spiro atoms. The first-order valence-corrected chi connectivity index (χ1v) is 4.19. The maximum atomic E-state index is 2.30. The van der Waals surface area contributed by atoms with Gasteiger partial charge in [-0.1, -0.05) is 43.3 Å². The Morgan fingerprint density at radius 2 is 2.00 bits per heavy atom. The van der Waals surface area contributed by atoms with Gasteiger partial charge in [0, 0.05) is 24.8 Å². The van der Waals surface area contributed by atoms with Crippen LogP contribution in [0.15, 0.2) is 30.3 Å². The van der Waals surface area contributed by atoms with Gasteiger partial charge in [0.1, 0.15) is 0 Å². The van der Waals surface area contributed by atoms with E-state index >= 15 is 0 Å². The summed E-state index contributed by atoms with van der Waals surface area (Å²) in [4.78, 5) is 0. The molecule has 12 heavy (non-hydrogen) atoms. The summed E-state index contributed by atoms with van der Waals surface area (Å²) in [5, 5.41) is 0. The van der Waals surface area contributed by atoms with E-state index in [9.17, 15) is 0 Å². The molecule has 1 atom stereocenters. The van der Waals surface area contributed by atoms with Crippen molar-refractivity contribution in [1.82, 2.24) is 0 Å². The minimum Gasteiger partial charge on any atom is -0.0764 e. The van der Waals surface area contributed by atoms with Crippen LogP contribution in [0.1, 0.15) is 30.4 Å². The van der Waals surface area contributed by atoms with Crippen molar-refractivity contribution < 1.29 is 0 Å². The van der Waals surface area contributed by atoms with Crippen molar-refractivity contribution in [3.8, 4) is 0 Å². The molecule has 1 radical (unpaired) electrons. The molecule has 1 aromatic rings. The Hall–Kier alpha value is -0.443. The average Bonchev–Trinajstić information content (AvgIpc) is 2.47. The molecule has 0 saturated carbocycles. The molecule has 0 nitrogen and oxygen atoms in total. The van der Waals surface area contributed by atoms with Gasteiger partial charge in [-0.05, 0) is 17.5 Å². The number of benzene rings is 1. The molecule has 0 N–H and O–H groups in total. The second kappa shape index (κ2) is 3.98. The van der Waals surface area contributed by atoms with Crippen molar-refractivity contribution in [1.29, 1.82) is 0 Å². The number of fused-ring (bicyclic) bond motifs is 1. The van der Waals surface area contributed by atoms with E-state index in [1.165, 1.54) is 17.5 Å². The van der Waals surface area contributed by atoms with Crippen LogP contribution in [-0.2, 0) is 0 Å². The van der Waals surface area contributed by atoms with Gasteiger partial charge in [0.25, 0.3) is 0 Å². The van der Waals surface area contributed by atoms with E-state index < -0.39 is 0 Å². The molecule has 1 heteroatoms. The first kappa shape index (κ1) is 9.64. The summed E-state index contributed by atoms with van der Waals surface area (Å²) in [6, 6.07) is 8.63. The maximum absolute atomic E-state index is 2.30. The van der Waals surface area contributed by atoms with Gasteiger partial charge in [-0.3, -0.25) is 0 Å². The standard InChI is InChI=1S/C11H12.Li/c1-2-9-7-8-10-5-3-4-6-11(9)10;/h3-9H,2H2,1H3;. The maximum Gasteiger partial charge on any atom is 0.00246 e. The van der Waals surface area contributed by atoms with Gasteiger partial charge in [-0.15, -0.1) is 0 Å². The van der Waals surface area contributed by atoms with Crippen molar-refractivity contribution in [2.24, 2.45) is 0 Å². The van der Waals surface area contributed by atoms with Crippen LogP contribution in [0, 0.1) is 0 Å². The Morgan fingerprint density at radius 1 is 1.25 bits per heavy atom. The number of allylic oxidation sites excluding steroid dienone is 1. The SMILES string of the molecule is CCC1C=Cc2ccccc21.[Li]. The van der Waals surface area contributed by atoms with Gasteiger partial charge in [0.2, 0.25) is 0 Å². The summed E-state index contributed by atoms with van der Waals surface area (Å²) in [5.41, 5.74) is 2.90. The van der Waals surface area contributed by atoms with Gasteiger partial charge in [-0.2, -0.15) is 0 Å². The third-order valence-corrected chi connectivity index (χ3v) is 2.34. The smallest absolute Gasteiger partial charge is 0.00246 e. The zero-order chi connectivity index (χ0) is 7.68. The topological polar surface area (TPSA) is 0 Å². The molecule has 0 heterocycles. The molecule has 0 saturated heterocycles. The predicted molar refractivity (Wildman–Crippen MR) is 54.3 cm³/mol. The van der Waals surface area contributed by atoms with Crippen LogP contribution in [0.5, 0.6) is 0 Å². The summed E-state index contributed by atoms with van der Waals surface area (Å²) in [5.74, 6) is 0.672. The van der Waals surface area contributed by atoms with Crippen LogP contribution in [0.4, 0.5) is 0 Å². The van der Waals surface area contributed by atoms with Gasteiger partial charge in [-0.25, -0.2) is 0 Å². The van der Waals surface area contributed by atoms with E-state index in [0.29, 0.717) is 5.92 Å². The zero-order valence-electron chi connectivity index (χ0n) is 7.75. The van der Waals surface area contributed by atoms with E-state index in [1.54, 1.807) is 0 Å². The molecule has 0 aliphatic heterocycles. The summed E-state index contributed by atoms with van der Waals surface area (Å²) in [6.07, 6.45) is 5.74. The van der Waals surface area contributed by atoms with Crippen molar-refractivity contribution in [3.63, 3.8) is 0 Å². The fourth-order valence-electron chi connectivity index (χ4n) is 1.68. The second-order valence-corrected chi connectivity index (χ2v) is 3.00. The third-order valence-electron chi connectivity index (χ3n) is 2.34. The van der Waals surface area contributed by atoms with Gasteiger partial charge in [0.15, 0.2) is 0 Å². The van der Waals surface area contributed by atoms with Crippen molar-refractivity contribution in [3.05, 3.63) is 41.5 Å². The van der Waals surface area contributed by atoms with E-state index in [2.05, 4.69) is 43.3 Å². The zero-order valence-corrected chi connectivity index (χ0v) is 7.75. The summed E-state index contributed by atoms with van der Waals surface area (Å²) in [7, 11) is 0. The van der Waals surface area contributed by atoms with E-state index in [1.807, 2.05) is 0 Å². The summed E-state index contributed by atoms with van der Waals surface area (Å²) < 4.78 is 0. The van der Waals surface area contributed by atoms with Crippen LogP contribution >= 0.6 is 0 Å². The minimum atomic E-state index is 0. The van der Waals surface area contributed by atoms with Gasteiger partial charge < -0.3 is 0 Å². The second-order valence-electron chi connectivity index (χ2n) is 3.00. The van der Waals surface area contributed by atoms with E-state index in [4.69, 9.17) is 0 Å². The first-order valence-electron chi connectivity index (χ1n) is 4.19. The largest absolute Gasteiger partial charge is 0.0764 e. The van der Waals surface area contributed by atoms with Crippen LogP contribution in [0.2, 0.25) is 0 Å². The normalized spacial score (nSPS) is 18.6. The Morgan fingerprint density at radius 3 is 2.75 bits per heavy atom. The molecule has 1 aliphatic carbocycles. The fraction of sp³-hybridized carbons (Fsp3) is 0.273. The summed E-state index contributed by atoms with van der Waals surface area (Å²) >= 11 is 0. The third kappa shape index (κ3) is 1.51. The van der Waals surface area contributed by atoms with Crippen LogP contribution in [0.3, 0.4) is 0 Å². The molecule has 1 aliphatic rings. The van der Waals surface area contributed by atoms with E-state index in [-0.39, 0.29) is 18.9 Å².